The van der Waals surface area contributed by atoms with Gasteiger partial charge in [0.15, 0.2) is 0 Å². The Labute approximate surface area is 126 Å². The van der Waals surface area contributed by atoms with Crippen LogP contribution in [0.5, 0.6) is 5.75 Å². The van der Waals surface area contributed by atoms with Gasteiger partial charge in [0, 0.05) is 11.4 Å². The molecule has 0 radical (unpaired) electrons. The van der Waals surface area contributed by atoms with Crippen molar-refractivity contribution in [3.05, 3.63) is 47.3 Å². The van der Waals surface area contributed by atoms with Crippen molar-refractivity contribution in [3.63, 3.8) is 0 Å². The van der Waals surface area contributed by atoms with E-state index in [1.54, 1.807) is 0 Å². The molecule has 1 aromatic heterocycles. The number of anilines is 1. The number of rotatable bonds is 5. The average Bonchev–Trinajstić information content (AvgIpc) is 2.36. The van der Waals surface area contributed by atoms with Crippen LogP contribution in [0.1, 0.15) is 43.8 Å². The molecule has 0 fully saturated rings. The molecule has 0 bridgehead atoms. The molecule has 1 N–H and O–H groups in total. The SMILES string of the molecule is Cc1cc(C)nc(NC(C)c2cccc(OC(C)C)c2)n1. The zero-order chi connectivity index (χ0) is 15.4. The topological polar surface area (TPSA) is 47.0 Å². The molecule has 0 aliphatic rings. The van der Waals surface area contributed by atoms with Crippen LogP contribution < -0.4 is 10.1 Å². The Balaban J connectivity index is 2.14. The molecule has 4 heteroatoms. The first kappa shape index (κ1) is 15.3. The van der Waals surface area contributed by atoms with E-state index >= 15 is 0 Å². The molecule has 2 rings (SSSR count). The van der Waals surface area contributed by atoms with E-state index in [-0.39, 0.29) is 12.1 Å². The Kier molecular flexibility index (Phi) is 4.78. The number of hydrogen-bond donors (Lipinski definition) is 1. The largest absolute Gasteiger partial charge is 0.491 e. The van der Waals surface area contributed by atoms with Crippen molar-refractivity contribution in [1.82, 2.24) is 9.97 Å². The van der Waals surface area contributed by atoms with Gasteiger partial charge in [-0.15, -0.1) is 0 Å². The van der Waals surface area contributed by atoms with Crippen molar-refractivity contribution in [2.45, 2.75) is 46.8 Å². The Bertz CT molecular complexity index is 590. The summed E-state index contributed by atoms with van der Waals surface area (Å²) in [5.41, 5.74) is 3.08. The lowest BCUT2D eigenvalue weighted by Gasteiger charge is -2.17. The predicted molar refractivity (Wildman–Crippen MR) is 85.7 cm³/mol. The maximum Gasteiger partial charge on any atom is 0.223 e. The summed E-state index contributed by atoms with van der Waals surface area (Å²) in [6, 6.07) is 10.2. The van der Waals surface area contributed by atoms with Crippen LogP contribution in [0, 0.1) is 13.8 Å². The number of ether oxygens (including phenoxy) is 1. The predicted octanol–water partition coefficient (Wildman–Crippen LogP) is 4.05. The molecule has 4 nitrogen and oxygen atoms in total. The molecule has 0 saturated carbocycles. The molecule has 1 unspecified atom stereocenters. The fraction of sp³-hybridized carbons (Fsp3) is 0.412. The van der Waals surface area contributed by atoms with Crippen LogP contribution in [0.2, 0.25) is 0 Å². The van der Waals surface area contributed by atoms with Gasteiger partial charge >= 0.3 is 0 Å². The highest BCUT2D eigenvalue weighted by Crippen LogP contribution is 2.22. The third-order valence-corrected chi connectivity index (χ3v) is 3.06. The van der Waals surface area contributed by atoms with Crippen LogP contribution in [-0.4, -0.2) is 16.1 Å². The van der Waals surface area contributed by atoms with E-state index in [1.165, 1.54) is 0 Å². The number of nitrogens with zero attached hydrogens (tertiary/aromatic N) is 2. The number of benzene rings is 1. The number of aromatic nitrogens is 2. The zero-order valence-electron chi connectivity index (χ0n) is 13.3. The molecule has 0 amide bonds. The molecule has 2 aromatic rings. The van der Waals surface area contributed by atoms with Crippen LogP contribution in [0.25, 0.3) is 0 Å². The first-order chi connectivity index (χ1) is 9.94. The maximum absolute atomic E-state index is 5.73. The van der Waals surface area contributed by atoms with E-state index in [4.69, 9.17) is 4.74 Å². The quantitative estimate of drug-likeness (QED) is 0.900. The van der Waals surface area contributed by atoms with Crippen LogP contribution in [0.4, 0.5) is 5.95 Å². The fourth-order valence-corrected chi connectivity index (χ4v) is 2.20. The first-order valence-electron chi connectivity index (χ1n) is 7.29. The second-order valence-electron chi connectivity index (χ2n) is 5.58. The fourth-order valence-electron chi connectivity index (χ4n) is 2.20. The molecule has 21 heavy (non-hydrogen) atoms. The second-order valence-corrected chi connectivity index (χ2v) is 5.58. The Morgan fingerprint density at radius 3 is 2.29 bits per heavy atom. The molecular weight excluding hydrogens is 262 g/mol. The molecule has 0 saturated heterocycles. The van der Waals surface area contributed by atoms with E-state index in [0.717, 1.165) is 22.7 Å². The summed E-state index contributed by atoms with van der Waals surface area (Å²) in [4.78, 5) is 8.83. The number of hydrogen-bond acceptors (Lipinski definition) is 4. The normalized spacial score (nSPS) is 12.3. The van der Waals surface area contributed by atoms with Gasteiger partial charge in [-0.2, -0.15) is 0 Å². The summed E-state index contributed by atoms with van der Waals surface area (Å²) in [6.45, 7) is 10.1. The number of aryl methyl sites for hydroxylation is 2. The van der Waals surface area contributed by atoms with Gasteiger partial charge in [-0.1, -0.05) is 12.1 Å². The van der Waals surface area contributed by atoms with Crippen molar-refractivity contribution in [2.75, 3.05) is 5.32 Å². The smallest absolute Gasteiger partial charge is 0.223 e. The van der Waals surface area contributed by atoms with E-state index < -0.39 is 0 Å². The highest BCUT2D eigenvalue weighted by atomic mass is 16.5. The van der Waals surface area contributed by atoms with Crippen molar-refractivity contribution in [3.8, 4) is 5.75 Å². The minimum absolute atomic E-state index is 0.113. The van der Waals surface area contributed by atoms with Crippen molar-refractivity contribution >= 4 is 5.95 Å². The standard InChI is InChI=1S/C17H23N3O/c1-11(2)21-16-8-6-7-15(10-16)14(5)20-17-18-12(3)9-13(4)19-17/h6-11,14H,1-5H3,(H,18,19,20). The van der Waals surface area contributed by atoms with Crippen molar-refractivity contribution in [1.29, 1.82) is 0 Å². The second kappa shape index (κ2) is 6.57. The van der Waals surface area contributed by atoms with Gasteiger partial charge in [0.25, 0.3) is 0 Å². The third kappa shape index (κ3) is 4.45. The highest BCUT2D eigenvalue weighted by Gasteiger charge is 2.09. The van der Waals surface area contributed by atoms with E-state index in [0.29, 0.717) is 5.95 Å². The molecular formula is C17H23N3O. The summed E-state index contributed by atoms with van der Waals surface area (Å²) in [5, 5.41) is 3.34. The zero-order valence-corrected chi connectivity index (χ0v) is 13.3. The van der Waals surface area contributed by atoms with Crippen LogP contribution in [0.15, 0.2) is 30.3 Å². The molecule has 0 aliphatic heterocycles. The molecule has 112 valence electrons. The van der Waals surface area contributed by atoms with E-state index in [1.807, 2.05) is 45.9 Å². The first-order valence-corrected chi connectivity index (χ1v) is 7.29. The lowest BCUT2D eigenvalue weighted by atomic mass is 10.1. The molecule has 1 heterocycles. The maximum atomic E-state index is 5.73. The lowest BCUT2D eigenvalue weighted by molar-refractivity contribution is 0.242. The minimum atomic E-state index is 0.113. The molecule has 1 atom stereocenters. The highest BCUT2D eigenvalue weighted by molar-refractivity contribution is 5.36. The Hall–Kier alpha value is -2.10. The Morgan fingerprint density at radius 2 is 1.67 bits per heavy atom. The van der Waals surface area contributed by atoms with Gasteiger partial charge in [0.05, 0.1) is 12.1 Å². The molecule has 0 spiro atoms. The molecule has 1 aromatic carbocycles. The Morgan fingerprint density at radius 1 is 1.00 bits per heavy atom. The summed E-state index contributed by atoms with van der Waals surface area (Å²) >= 11 is 0. The average molecular weight is 285 g/mol. The monoisotopic (exact) mass is 285 g/mol. The minimum Gasteiger partial charge on any atom is -0.491 e. The lowest BCUT2D eigenvalue weighted by Crippen LogP contribution is -2.11. The van der Waals surface area contributed by atoms with E-state index in [2.05, 4.69) is 34.3 Å². The van der Waals surface area contributed by atoms with Gasteiger partial charge in [-0.05, 0) is 58.4 Å². The van der Waals surface area contributed by atoms with Crippen LogP contribution in [0.3, 0.4) is 0 Å². The van der Waals surface area contributed by atoms with Crippen molar-refractivity contribution in [2.24, 2.45) is 0 Å². The van der Waals surface area contributed by atoms with E-state index in [9.17, 15) is 0 Å². The van der Waals surface area contributed by atoms with Crippen LogP contribution >= 0.6 is 0 Å². The van der Waals surface area contributed by atoms with Gasteiger partial charge in [-0.25, -0.2) is 9.97 Å². The van der Waals surface area contributed by atoms with Crippen LogP contribution in [-0.2, 0) is 0 Å². The summed E-state index contributed by atoms with van der Waals surface area (Å²) in [7, 11) is 0. The number of nitrogens with one attached hydrogen (secondary N) is 1. The van der Waals surface area contributed by atoms with Gasteiger partial charge in [0.1, 0.15) is 5.75 Å². The summed E-state index contributed by atoms with van der Waals surface area (Å²) < 4.78 is 5.73. The van der Waals surface area contributed by atoms with Crippen molar-refractivity contribution < 1.29 is 4.74 Å². The van der Waals surface area contributed by atoms with Gasteiger partial charge in [0.2, 0.25) is 5.95 Å². The summed E-state index contributed by atoms with van der Waals surface area (Å²) in [6.07, 6.45) is 0.172. The molecule has 0 aliphatic carbocycles. The third-order valence-electron chi connectivity index (χ3n) is 3.06. The van der Waals surface area contributed by atoms with Gasteiger partial charge in [-0.3, -0.25) is 0 Å². The summed E-state index contributed by atoms with van der Waals surface area (Å²) in [5.74, 6) is 1.55. The van der Waals surface area contributed by atoms with Gasteiger partial charge < -0.3 is 10.1 Å².